The summed E-state index contributed by atoms with van der Waals surface area (Å²) < 4.78 is 37.7. The number of benzene rings is 2. The lowest BCUT2D eigenvalue weighted by molar-refractivity contribution is -0.181. The van der Waals surface area contributed by atoms with Gasteiger partial charge < -0.3 is 19.7 Å². The van der Waals surface area contributed by atoms with Gasteiger partial charge in [-0.1, -0.05) is 11.6 Å². The van der Waals surface area contributed by atoms with E-state index in [0.717, 1.165) is 0 Å². The zero-order chi connectivity index (χ0) is 22.9. The predicted molar refractivity (Wildman–Crippen MR) is 117 cm³/mol. The first-order valence-electron chi connectivity index (χ1n) is 10.2. The molecule has 0 bridgehead atoms. The van der Waals surface area contributed by atoms with E-state index < -0.39 is 21.5 Å². The maximum absolute atomic E-state index is 13.2. The number of anilines is 1. The summed E-state index contributed by atoms with van der Waals surface area (Å²) in [5.74, 6) is -1.30. The van der Waals surface area contributed by atoms with E-state index in [9.17, 15) is 18.0 Å². The summed E-state index contributed by atoms with van der Waals surface area (Å²) in [5.41, 5.74) is 0.335. The van der Waals surface area contributed by atoms with E-state index in [1.54, 1.807) is 4.90 Å². The monoisotopic (exact) mass is 478 g/mol. The Labute approximate surface area is 191 Å². The number of sulfone groups is 1. The Kier molecular flexibility index (Phi) is 6.26. The highest BCUT2D eigenvalue weighted by atomic mass is 35.5. The molecule has 8 nitrogen and oxygen atoms in total. The molecule has 2 aromatic rings. The van der Waals surface area contributed by atoms with Crippen molar-refractivity contribution in [1.29, 1.82) is 0 Å². The van der Waals surface area contributed by atoms with Gasteiger partial charge in [-0.3, -0.25) is 9.59 Å². The molecular weight excluding hydrogens is 456 g/mol. The molecule has 0 aliphatic carbocycles. The number of hydrogen-bond acceptors (Lipinski definition) is 6. The van der Waals surface area contributed by atoms with Gasteiger partial charge in [0.25, 0.3) is 5.91 Å². The van der Waals surface area contributed by atoms with Crippen LogP contribution in [0.2, 0.25) is 5.02 Å². The molecule has 2 aliphatic rings. The first-order chi connectivity index (χ1) is 15.2. The average Bonchev–Trinajstić information content (AvgIpc) is 3.21. The highest BCUT2D eigenvalue weighted by Gasteiger charge is 2.41. The Bertz CT molecular complexity index is 1130. The molecule has 170 valence electrons. The quantitative estimate of drug-likeness (QED) is 0.724. The van der Waals surface area contributed by atoms with E-state index in [-0.39, 0.29) is 26.9 Å². The summed E-state index contributed by atoms with van der Waals surface area (Å²) in [5, 5.41) is 2.95. The molecule has 32 heavy (non-hydrogen) atoms. The van der Waals surface area contributed by atoms with Crippen molar-refractivity contribution in [2.24, 2.45) is 0 Å². The van der Waals surface area contributed by atoms with E-state index in [4.69, 9.17) is 21.1 Å². The van der Waals surface area contributed by atoms with Crippen molar-refractivity contribution in [3.8, 4) is 0 Å². The second-order valence-electron chi connectivity index (χ2n) is 7.75. The number of nitrogens with one attached hydrogen (secondary N) is 1. The number of rotatable bonds is 4. The number of nitrogens with zero attached hydrogens (tertiary/aromatic N) is 1. The molecule has 2 heterocycles. The predicted octanol–water partition coefficient (Wildman–Crippen LogP) is 3.11. The van der Waals surface area contributed by atoms with Crippen molar-refractivity contribution in [1.82, 2.24) is 4.90 Å². The smallest absolute Gasteiger partial charge is 0.253 e. The Morgan fingerprint density at radius 2 is 1.66 bits per heavy atom. The van der Waals surface area contributed by atoms with Gasteiger partial charge in [-0.15, -0.1) is 0 Å². The fourth-order valence-corrected chi connectivity index (χ4v) is 5.47. The third-order valence-electron chi connectivity index (χ3n) is 5.58. The second kappa shape index (κ2) is 8.82. The molecule has 1 spiro atoms. The number of carbonyl (C=O) groups excluding carboxylic acids is 2. The van der Waals surface area contributed by atoms with Gasteiger partial charge in [0.2, 0.25) is 15.7 Å². The van der Waals surface area contributed by atoms with Gasteiger partial charge in [-0.05, 0) is 42.5 Å². The molecule has 1 N–H and O–H groups in total. The fourth-order valence-electron chi connectivity index (χ4n) is 3.94. The lowest BCUT2D eigenvalue weighted by Crippen LogP contribution is -2.47. The minimum absolute atomic E-state index is 0.0328. The van der Waals surface area contributed by atoms with Crippen molar-refractivity contribution in [2.75, 3.05) is 31.6 Å². The first-order valence-corrected chi connectivity index (χ1v) is 12.1. The topological polar surface area (TPSA) is 102 Å². The standard InChI is InChI=1S/C22H23ClN2O6S/c1-15(26)24-19-14-16(21(27)25-10-8-22(9-11-25)30-12-13-31-22)2-7-20(19)32(28,29)18-5-3-17(23)4-6-18/h2-7,14H,8-13H2,1H3,(H,24,26). The summed E-state index contributed by atoms with van der Waals surface area (Å²) in [7, 11) is -3.95. The molecule has 4 rings (SSSR count). The summed E-state index contributed by atoms with van der Waals surface area (Å²) in [6, 6.07) is 9.95. The van der Waals surface area contributed by atoms with Gasteiger partial charge in [-0.2, -0.15) is 0 Å². The lowest BCUT2D eigenvalue weighted by Gasteiger charge is -2.37. The molecule has 2 aliphatic heterocycles. The van der Waals surface area contributed by atoms with Crippen LogP contribution in [0.3, 0.4) is 0 Å². The molecule has 0 saturated carbocycles. The zero-order valence-electron chi connectivity index (χ0n) is 17.5. The van der Waals surface area contributed by atoms with Gasteiger partial charge in [0.15, 0.2) is 5.79 Å². The third kappa shape index (κ3) is 4.52. The molecule has 10 heteroatoms. The van der Waals surface area contributed by atoms with Crippen LogP contribution >= 0.6 is 11.6 Å². The summed E-state index contributed by atoms with van der Waals surface area (Å²) in [4.78, 5) is 26.4. The molecule has 0 atom stereocenters. The summed E-state index contributed by atoms with van der Waals surface area (Å²) >= 11 is 5.87. The van der Waals surface area contributed by atoms with Gasteiger partial charge in [0.05, 0.1) is 28.7 Å². The average molecular weight is 479 g/mol. The van der Waals surface area contributed by atoms with Crippen molar-refractivity contribution in [3.63, 3.8) is 0 Å². The van der Waals surface area contributed by atoms with Gasteiger partial charge in [-0.25, -0.2) is 8.42 Å². The Morgan fingerprint density at radius 1 is 1.03 bits per heavy atom. The van der Waals surface area contributed by atoms with Crippen LogP contribution in [0.4, 0.5) is 5.69 Å². The minimum atomic E-state index is -3.95. The highest BCUT2D eigenvalue weighted by molar-refractivity contribution is 7.91. The molecule has 2 aromatic carbocycles. The highest BCUT2D eigenvalue weighted by Crippen LogP contribution is 2.33. The molecule has 0 radical (unpaired) electrons. The number of halogens is 1. The van der Waals surface area contributed by atoms with E-state index in [0.29, 0.717) is 44.2 Å². The third-order valence-corrected chi connectivity index (χ3v) is 7.66. The van der Waals surface area contributed by atoms with E-state index in [1.165, 1.54) is 49.4 Å². The fraction of sp³-hybridized carbons (Fsp3) is 0.364. The number of ether oxygens (including phenoxy) is 2. The summed E-state index contributed by atoms with van der Waals surface area (Å²) in [6.07, 6.45) is 1.14. The van der Waals surface area contributed by atoms with E-state index >= 15 is 0 Å². The van der Waals surface area contributed by atoms with Crippen LogP contribution in [0.25, 0.3) is 0 Å². The Hall–Kier alpha value is -2.46. The number of likely N-dealkylation sites (tertiary alicyclic amines) is 1. The van der Waals surface area contributed by atoms with Gasteiger partial charge >= 0.3 is 0 Å². The Balaban J connectivity index is 1.61. The van der Waals surface area contributed by atoms with Crippen LogP contribution in [0.1, 0.15) is 30.1 Å². The summed E-state index contributed by atoms with van der Waals surface area (Å²) in [6.45, 7) is 3.30. The van der Waals surface area contributed by atoms with Crippen LogP contribution in [-0.4, -0.2) is 57.2 Å². The van der Waals surface area contributed by atoms with Crippen LogP contribution in [0, 0.1) is 0 Å². The van der Waals surface area contributed by atoms with Crippen LogP contribution in [0.15, 0.2) is 52.3 Å². The first kappa shape index (κ1) is 22.7. The molecule has 2 fully saturated rings. The lowest BCUT2D eigenvalue weighted by atomic mass is 10.0. The minimum Gasteiger partial charge on any atom is -0.347 e. The van der Waals surface area contributed by atoms with Crippen LogP contribution in [0.5, 0.6) is 0 Å². The SMILES string of the molecule is CC(=O)Nc1cc(C(=O)N2CCC3(CC2)OCCO3)ccc1S(=O)(=O)c1ccc(Cl)cc1. The van der Waals surface area contributed by atoms with E-state index in [1.807, 2.05) is 0 Å². The number of carbonyl (C=O) groups is 2. The number of hydrogen-bond donors (Lipinski definition) is 1. The molecule has 2 amide bonds. The zero-order valence-corrected chi connectivity index (χ0v) is 19.0. The maximum Gasteiger partial charge on any atom is 0.253 e. The normalized spacial score (nSPS) is 18.0. The van der Waals surface area contributed by atoms with Crippen molar-refractivity contribution < 1.29 is 27.5 Å². The molecule has 0 unspecified atom stereocenters. The van der Waals surface area contributed by atoms with Crippen LogP contribution in [-0.2, 0) is 24.1 Å². The molecule has 2 saturated heterocycles. The van der Waals surface area contributed by atoms with E-state index in [2.05, 4.69) is 5.32 Å². The van der Waals surface area contributed by atoms with Gasteiger partial charge in [0, 0.05) is 43.4 Å². The number of amides is 2. The van der Waals surface area contributed by atoms with Gasteiger partial charge in [0.1, 0.15) is 0 Å². The molecular formula is C22H23ClN2O6S. The van der Waals surface area contributed by atoms with Crippen molar-refractivity contribution >= 4 is 38.9 Å². The number of piperidine rings is 1. The maximum atomic E-state index is 13.2. The largest absolute Gasteiger partial charge is 0.347 e. The Morgan fingerprint density at radius 3 is 2.25 bits per heavy atom. The van der Waals surface area contributed by atoms with Crippen molar-refractivity contribution in [2.45, 2.75) is 35.3 Å². The second-order valence-corrected chi connectivity index (χ2v) is 10.1. The molecule has 0 aromatic heterocycles. The van der Waals surface area contributed by atoms with Crippen LogP contribution < -0.4 is 5.32 Å². The van der Waals surface area contributed by atoms with Crippen molar-refractivity contribution in [3.05, 3.63) is 53.1 Å².